The fourth-order valence-electron chi connectivity index (χ4n) is 6.19. The van der Waals surface area contributed by atoms with E-state index in [-0.39, 0.29) is 6.10 Å². The van der Waals surface area contributed by atoms with Crippen molar-refractivity contribution in [3.05, 3.63) is 23.8 Å². The van der Waals surface area contributed by atoms with Crippen LogP contribution < -0.4 is 0 Å². The van der Waals surface area contributed by atoms with E-state index in [0.29, 0.717) is 17.3 Å². The van der Waals surface area contributed by atoms with Crippen LogP contribution in [0.5, 0.6) is 0 Å². The van der Waals surface area contributed by atoms with Gasteiger partial charge in [0.1, 0.15) is 0 Å². The first kappa shape index (κ1) is 15.3. The van der Waals surface area contributed by atoms with E-state index in [1.165, 1.54) is 24.0 Å². The molecule has 3 fully saturated rings. The van der Waals surface area contributed by atoms with Crippen molar-refractivity contribution in [1.82, 2.24) is 0 Å². The third-order valence-corrected chi connectivity index (χ3v) is 7.01. The normalized spacial score (nSPS) is 47.5. The average molecular weight is 288 g/mol. The molecule has 1 N–H and O–H groups in total. The molecular formula is C20H32O. The molecule has 7 atom stereocenters. The molecule has 0 aromatic rings. The molecule has 0 heterocycles. The molecule has 3 aliphatic rings. The molecule has 0 amide bonds. The molecule has 3 rings (SSSR count). The molecule has 21 heavy (non-hydrogen) atoms. The lowest BCUT2D eigenvalue weighted by Gasteiger charge is -2.58. The molecule has 0 saturated heterocycles. The molecule has 1 heteroatoms. The highest BCUT2D eigenvalue weighted by Gasteiger charge is 2.69. The minimum Gasteiger partial charge on any atom is -0.393 e. The molecule has 3 saturated carbocycles. The summed E-state index contributed by atoms with van der Waals surface area (Å²) >= 11 is 0. The van der Waals surface area contributed by atoms with Gasteiger partial charge in [-0.25, -0.2) is 0 Å². The van der Waals surface area contributed by atoms with Gasteiger partial charge < -0.3 is 5.11 Å². The van der Waals surface area contributed by atoms with Crippen molar-refractivity contribution in [3.8, 4) is 0 Å². The van der Waals surface area contributed by atoms with Gasteiger partial charge in [-0.2, -0.15) is 0 Å². The fourth-order valence-corrected chi connectivity index (χ4v) is 6.19. The number of hydrogen-bond acceptors (Lipinski definition) is 1. The lowest BCUT2D eigenvalue weighted by atomic mass is 9.46. The Kier molecular flexibility index (Phi) is 3.84. The van der Waals surface area contributed by atoms with E-state index in [9.17, 15) is 5.11 Å². The standard InChI is InChI=1S/C20H32O/c1-12(2)7-6-8-13(3)15-9-10-20(5)18(15)17-14(4)11-16(21)19(17)20/h7,14-19,21H,3,6,8-11H2,1-2,4-5H3/t14-,15+,16-,17+,18+,19?,20+/m1/s1. The van der Waals surface area contributed by atoms with Crippen LogP contribution in [-0.2, 0) is 0 Å². The summed E-state index contributed by atoms with van der Waals surface area (Å²) < 4.78 is 0. The van der Waals surface area contributed by atoms with Crippen molar-refractivity contribution in [2.45, 2.75) is 65.9 Å². The highest BCUT2D eigenvalue weighted by Crippen LogP contribution is 2.73. The van der Waals surface area contributed by atoms with Gasteiger partial charge in [-0.15, -0.1) is 0 Å². The van der Waals surface area contributed by atoms with Crippen LogP contribution in [0, 0.1) is 35.0 Å². The molecule has 118 valence electrons. The number of aliphatic hydroxyl groups is 1. The Bertz CT molecular complexity index is 458. The fraction of sp³-hybridized carbons (Fsp3) is 0.800. The molecule has 0 aromatic carbocycles. The second-order valence-electron chi connectivity index (χ2n) is 8.54. The predicted octanol–water partition coefficient (Wildman–Crippen LogP) is 4.97. The maximum atomic E-state index is 10.4. The first-order valence-electron chi connectivity index (χ1n) is 8.85. The van der Waals surface area contributed by atoms with Crippen molar-refractivity contribution < 1.29 is 5.11 Å². The average Bonchev–Trinajstić information content (AvgIpc) is 2.79. The summed E-state index contributed by atoms with van der Waals surface area (Å²) in [6, 6.07) is 0. The van der Waals surface area contributed by atoms with Crippen LogP contribution in [0.3, 0.4) is 0 Å². The monoisotopic (exact) mass is 288 g/mol. The van der Waals surface area contributed by atoms with Crippen molar-refractivity contribution in [2.24, 2.45) is 35.0 Å². The van der Waals surface area contributed by atoms with Gasteiger partial charge in [0, 0.05) is 0 Å². The van der Waals surface area contributed by atoms with E-state index in [1.807, 2.05) is 0 Å². The van der Waals surface area contributed by atoms with Gasteiger partial charge in [0.05, 0.1) is 6.10 Å². The van der Waals surface area contributed by atoms with E-state index >= 15 is 0 Å². The smallest absolute Gasteiger partial charge is 0.0579 e. The lowest BCUT2D eigenvalue weighted by molar-refractivity contribution is -0.129. The van der Waals surface area contributed by atoms with Gasteiger partial charge in [0.15, 0.2) is 0 Å². The summed E-state index contributed by atoms with van der Waals surface area (Å²) in [5.74, 6) is 3.56. The summed E-state index contributed by atoms with van der Waals surface area (Å²) in [7, 11) is 0. The van der Waals surface area contributed by atoms with Gasteiger partial charge in [0.25, 0.3) is 0 Å². The molecule has 1 nitrogen and oxygen atoms in total. The number of rotatable bonds is 4. The predicted molar refractivity (Wildman–Crippen MR) is 88.9 cm³/mol. The Morgan fingerprint density at radius 3 is 2.71 bits per heavy atom. The Labute approximate surface area is 130 Å². The topological polar surface area (TPSA) is 20.2 Å². The summed E-state index contributed by atoms with van der Waals surface area (Å²) in [6.07, 6.45) is 8.23. The highest BCUT2D eigenvalue weighted by atomic mass is 16.3. The van der Waals surface area contributed by atoms with Gasteiger partial charge in [0.2, 0.25) is 0 Å². The molecule has 0 aliphatic heterocycles. The van der Waals surface area contributed by atoms with Crippen LogP contribution >= 0.6 is 0 Å². The number of hydrogen-bond donors (Lipinski definition) is 1. The quantitative estimate of drug-likeness (QED) is 0.724. The molecule has 0 bridgehead atoms. The molecule has 1 unspecified atom stereocenters. The number of aliphatic hydroxyl groups excluding tert-OH is 1. The summed E-state index contributed by atoms with van der Waals surface area (Å²) in [5.41, 5.74) is 3.29. The van der Waals surface area contributed by atoms with E-state index in [1.54, 1.807) is 0 Å². The Hall–Kier alpha value is -0.560. The van der Waals surface area contributed by atoms with E-state index in [2.05, 4.69) is 40.3 Å². The van der Waals surface area contributed by atoms with Crippen LogP contribution in [0.15, 0.2) is 23.8 Å². The minimum absolute atomic E-state index is 0.0380. The summed E-state index contributed by atoms with van der Waals surface area (Å²) in [6.45, 7) is 13.6. The third kappa shape index (κ3) is 2.23. The largest absolute Gasteiger partial charge is 0.393 e. The Morgan fingerprint density at radius 1 is 1.33 bits per heavy atom. The second kappa shape index (κ2) is 5.26. The number of allylic oxidation sites excluding steroid dienone is 3. The Balaban J connectivity index is 1.70. The minimum atomic E-state index is -0.0380. The van der Waals surface area contributed by atoms with Crippen LogP contribution in [-0.4, -0.2) is 11.2 Å². The number of fused-ring (bicyclic) bond motifs is 4. The Morgan fingerprint density at radius 2 is 2.05 bits per heavy atom. The van der Waals surface area contributed by atoms with Gasteiger partial charge >= 0.3 is 0 Å². The maximum Gasteiger partial charge on any atom is 0.0579 e. The third-order valence-electron chi connectivity index (χ3n) is 7.01. The molecule has 0 spiro atoms. The SMILES string of the molecule is C=C(CCC=C(C)C)[C@@H]1CC[C@]2(C)C3[C@H]([C@H]12)[C@H](C)C[C@H]3O. The zero-order valence-corrected chi connectivity index (χ0v) is 14.2. The lowest BCUT2D eigenvalue weighted by Crippen LogP contribution is -2.56. The van der Waals surface area contributed by atoms with Gasteiger partial charge in [-0.1, -0.05) is 37.6 Å². The van der Waals surface area contributed by atoms with Gasteiger partial charge in [-0.3, -0.25) is 0 Å². The van der Waals surface area contributed by atoms with Crippen LogP contribution in [0.1, 0.15) is 59.8 Å². The zero-order chi connectivity index (χ0) is 15.4. The van der Waals surface area contributed by atoms with Crippen LogP contribution in [0.2, 0.25) is 0 Å². The van der Waals surface area contributed by atoms with Crippen LogP contribution in [0.4, 0.5) is 0 Å². The van der Waals surface area contributed by atoms with E-state index in [0.717, 1.165) is 37.0 Å². The zero-order valence-electron chi connectivity index (χ0n) is 14.2. The highest BCUT2D eigenvalue weighted by molar-refractivity contribution is 5.23. The summed E-state index contributed by atoms with van der Waals surface area (Å²) in [5, 5.41) is 10.4. The first-order chi connectivity index (χ1) is 9.86. The van der Waals surface area contributed by atoms with Crippen molar-refractivity contribution in [2.75, 3.05) is 0 Å². The molecule has 3 aliphatic carbocycles. The van der Waals surface area contributed by atoms with Crippen molar-refractivity contribution >= 4 is 0 Å². The van der Waals surface area contributed by atoms with Crippen LogP contribution in [0.25, 0.3) is 0 Å². The molecular weight excluding hydrogens is 256 g/mol. The van der Waals surface area contributed by atoms with Gasteiger partial charge in [-0.05, 0) is 81.0 Å². The molecule has 0 radical (unpaired) electrons. The summed E-state index contributed by atoms with van der Waals surface area (Å²) in [4.78, 5) is 0. The van der Waals surface area contributed by atoms with E-state index < -0.39 is 0 Å². The van der Waals surface area contributed by atoms with Crippen molar-refractivity contribution in [3.63, 3.8) is 0 Å². The van der Waals surface area contributed by atoms with Crippen molar-refractivity contribution in [1.29, 1.82) is 0 Å². The second-order valence-corrected chi connectivity index (χ2v) is 8.54. The van der Waals surface area contributed by atoms with E-state index in [4.69, 9.17) is 0 Å². The maximum absolute atomic E-state index is 10.4. The first-order valence-corrected chi connectivity index (χ1v) is 8.85. The molecule has 0 aromatic heterocycles.